The van der Waals surface area contributed by atoms with Crippen LogP contribution in [0.5, 0.6) is 0 Å². The third-order valence-corrected chi connectivity index (χ3v) is 6.03. The molecule has 1 heterocycles. The summed E-state index contributed by atoms with van der Waals surface area (Å²) in [5.74, 6) is -1.12. The smallest absolute Gasteiger partial charge is 0.378 e. The highest BCUT2D eigenvalue weighted by Gasteiger charge is 2.59. The molecule has 1 aromatic heterocycles. The van der Waals surface area contributed by atoms with Crippen molar-refractivity contribution in [3.63, 3.8) is 0 Å². The molecule has 0 radical (unpaired) electrons. The van der Waals surface area contributed by atoms with Crippen LogP contribution in [0, 0.1) is 12.7 Å². The summed E-state index contributed by atoms with van der Waals surface area (Å²) in [5, 5.41) is 14.6. The number of nitrogens with one attached hydrogen (secondary N) is 1. The fourth-order valence-electron chi connectivity index (χ4n) is 3.70. The van der Waals surface area contributed by atoms with Crippen LogP contribution in [-0.4, -0.2) is 33.9 Å². The number of hydrogen-bond donors (Lipinski definition) is 2. The van der Waals surface area contributed by atoms with Gasteiger partial charge in [0, 0.05) is 22.5 Å². The van der Waals surface area contributed by atoms with Crippen LogP contribution in [0.1, 0.15) is 29.8 Å². The Balaban J connectivity index is 2.22. The largest absolute Gasteiger partial charge is 0.420 e. The number of fused-ring (bicyclic) bond motifs is 1. The summed E-state index contributed by atoms with van der Waals surface area (Å²) in [6.07, 6.45) is -3.11. The Labute approximate surface area is 182 Å². The van der Waals surface area contributed by atoms with Gasteiger partial charge in [0.25, 0.3) is 0 Å². The van der Waals surface area contributed by atoms with Crippen LogP contribution in [0.2, 0.25) is 0 Å². The van der Waals surface area contributed by atoms with E-state index in [1.54, 1.807) is 37.3 Å². The Morgan fingerprint density at radius 2 is 1.87 bits per heavy atom. The van der Waals surface area contributed by atoms with Crippen LogP contribution in [0.25, 0.3) is 10.9 Å². The molecule has 0 aliphatic heterocycles. The van der Waals surface area contributed by atoms with E-state index in [4.69, 9.17) is 0 Å². The molecule has 2 N–H and O–H groups in total. The summed E-state index contributed by atoms with van der Waals surface area (Å²) in [6.45, 7) is 3.57. The number of benzene rings is 2. The van der Waals surface area contributed by atoms with Crippen molar-refractivity contribution in [2.45, 2.75) is 38.1 Å². The Bertz CT molecular complexity index is 1070. The molecule has 3 rings (SSSR count). The second-order valence-corrected chi connectivity index (χ2v) is 8.32. The Kier molecular flexibility index (Phi) is 6.81. The molecule has 0 amide bonds. The SMILES string of the molecule is CCc1cc(F)ccc1C(Nc1cccc2nc(C)ccc12)C(O)(CSC)C(F)(F)F. The summed E-state index contributed by atoms with van der Waals surface area (Å²) < 4.78 is 56.5. The summed E-state index contributed by atoms with van der Waals surface area (Å²) in [4.78, 5) is 4.43. The molecule has 0 aliphatic carbocycles. The number of thioether (sulfide) groups is 1. The van der Waals surface area contributed by atoms with Crippen LogP contribution in [0.3, 0.4) is 0 Å². The lowest BCUT2D eigenvalue weighted by Crippen LogP contribution is -2.54. The molecule has 3 aromatic rings. The van der Waals surface area contributed by atoms with E-state index in [0.29, 0.717) is 28.6 Å². The van der Waals surface area contributed by atoms with Crippen LogP contribution in [0.15, 0.2) is 48.5 Å². The van der Waals surface area contributed by atoms with Gasteiger partial charge in [-0.1, -0.05) is 19.1 Å². The van der Waals surface area contributed by atoms with Gasteiger partial charge in [-0.15, -0.1) is 0 Å². The minimum atomic E-state index is -4.92. The molecule has 0 fully saturated rings. The molecule has 0 spiro atoms. The minimum absolute atomic E-state index is 0.204. The van der Waals surface area contributed by atoms with Gasteiger partial charge in [0.2, 0.25) is 0 Å². The number of anilines is 1. The number of halogens is 4. The van der Waals surface area contributed by atoms with Crippen molar-refractivity contribution in [2.24, 2.45) is 0 Å². The predicted octanol–water partition coefficient (Wildman–Crippen LogP) is 6.05. The topological polar surface area (TPSA) is 45.2 Å². The van der Waals surface area contributed by atoms with Gasteiger partial charge >= 0.3 is 6.18 Å². The number of aryl methyl sites for hydroxylation is 2. The van der Waals surface area contributed by atoms with Gasteiger partial charge in [-0.05, 0) is 67.1 Å². The molecular formula is C23H24F4N2OS. The average Bonchev–Trinajstić information content (AvgIpc) is 2.71. The van der Waals surface area contributed by atoms with E-state index >= 15 is 0 Å². The van der Waals surface area contributed by atoms with Gasteiger partial charge in [0.05, 0.1) is 11.6 Å². The van der Waals surface area contributed by atoms with Gasteiger partial charge in [-0.25, -0.2) is 4.39 Å². The third-order valence-electron chi connectivity index (χ3n) is 5.30. The maximum Gasteiger partial charge on any atom is 0.420 e. The van der Waals surface area contributed by atoms with E-state index in [9.17, 15) is 22.7 Å². The van der Waals surface area contributed by atoms with E-state index < -0.39 is 29.4 Å². The normalized spacial score (nSPS) is 15.0. The molecule has 2 aromatic carbocycles. The number of aliphatic hydroxyl groups is 1. The molecule has 31 heavy (non-hydrogen) atoms. The van der Waals surface area contributed by atoms with Gasteiger partial charge in [0.15, 0.2) is 5.60 Å². The standard InChI is InChI=1S/C23H24F4N2OS/c1-4-15-12-16(24)9-11-17(15)21(22(30,13-31-3)23(25,26)27)29-20-7-5-6-19-18(20)10-8-14(2)28-19/h5-12,21,29-30H,4,13H2,1-3H3. The zero-order valence-corrected chi connectivity index (χ0v) is 18.2. The highest BCUT2D eigenvalue weighted by atomic mass is 32.2. The monoisotopic (exact) mass is 452 g/mol. The summed E-state index contributed by atoms with van der Waals surface area (Å²) in [7, 11) is 0. The van der Waals surface area contributed by atoms with Gasteiger partial charge < -0.3 is 10.4 Å². The highest BCUT2D eigenvalue weighted by Crippen LogP contribution is 2.45. The summed E-state index contributed by atoms with van der Waals surface area (Å²) >= 11 is 0.895. The Morgan fingerprint density at radius 3 is 2.52 bits per heavy atom. The second-order valence-electron chi connectivity index (χ2n) is 7.45. The first kappa shape index (κ1) is 23.3. The molecule has 2 unspecified atom stereocenters. The number of alkyl halides is 3. The fraction of sp³-hybridized carbons (Fsp3) is 0.348. The first-order chi connectivity index (χ1) is 14.6. The van der Waals surface area contributed by atoms with Gasteiger partial charge in [-0.3, -0.25) is 4.98 Å². The Hall–Kier alpha value is -2.32. The highest BCUT2D eigenvalue weighted by molar-refractivity contribution is 7.98. The third kappa shape index (κ3) is 4.65. The maximum absolute atomic E-state index is 14.2. The molecule has 0 saturated carbocycles. The first-order valence-electron chi connectivity index (χ1n) is 9.80. The number of aromatic nitrogens is 1. The van der Waals surface area contributed by atoms with Crippen molar-refractivity contribution < 1.29 is 22.7 Å². The van der Waals surface area contributed by atoms with Crippen molar-refractivity contribution >= 4 is 28.4 Å². The predicted molar refractivity (Wildman–Crippen MR) is 118 cm³/mol. The van der Waals surface area contributed by atoms with E-state index in [1.165, 1.54) is 18.4 Å². The molecular weight excluding hydrogens is 428 g/mol. The number of rotatable bonds is 7. The molecule has 166 valence electrons. The molecule has 8 heteroatoms. The van der Waals surface area contributed by atoms with Crippen molar-refractivity contribution in [3.8, 4) is 0 Å². The summed E-state index contributed by atoms with van der Waals surface area (Å²) in [6, 6.07) is 10.8. The summed E-state index contributed by atoms with van der Waals surface area (Å²) in [5.41, 5.74) is -0.675. The van der Waals surface area contributed by atoms with Crippen molar-refractivity contribution in [3.05, 3.63) is 71.2 Å². The quantitative estimate of drug-likeness (QED) is 0.428. The lowest BCUT2D eigenvalue weighted by molar-refractivity contribution is -0.256. The fourth-order valence-corrected chi connectivity index (χ4v) is 4.47. The van der Waals surface area contributed by atoms with E-state index in [-0.39, 0.29) is 5.56 Å². The van der Waals surface area contributed by atoms with E-state index in [0.717, 1.165) is 23.5 Å². The van der Waals surface area contributed by atoms with Gasteiger partial charge in [0.1, 0.15) is 5.82 Å². The molecule has 0 aliphatic rings. The molecule has 0 bridgehead atoms. The van der Waals surface area contributed by atoms with Crippen molar-refractivity contribution in [1.29, 1.82) is 0 Å². The van der Waals surface area contributed by atoms with Crippen LogP contribution < -0.4 is 5.32 Å². The lowest BCUT2D eigenvalue weighted by Gasteiger charge is -2.39. The molecule has 3 nitrogen and oxygen atoms in total. The minimum Gasteiger partial charge on any atom is -0.378 e. The Morgan fingerprint density at radius 1 is 1.13 bits per heavy atom. The zero-order valence-electron chi connectivity index (χ0n) is 17.4. The van der Waals surface area contributed by atoms with E-state index in [2.05, 4.69) is 10.3 Å². The maximum atomic E-state index is 14.2. The van der Waals surface area contributed by atoms with Crippen molar-refractivity contribution in [1.82, 2.24) is 4.98 Å². The molecule has 0 saturated heterocycles. The second kappa shape index (κ2) is 9.04. The van der Waals surface area contributed by atoms with Crippen LogP contribution >= 0.6 is 11.8 Å². The lowest BCUT2D eigenvalue weighted by atomic mass is 9.85. The number of nitrogens with zero attached hydrogens (tertiary/aromatic N) is 1. The number of hydrogen-bond acceptors (Lipinski definition) is 4. The first-order valence-corrected chi connectivity index (χ1v) is 11.2. The van der Waals surface area contributed by atoms with Crippen molar-refractivity contribution in [2.75, 3.05) is 17.3 Å². The zero-order chi connectivity index (χ0) is 22.8. The molecule has 2 atom stereocenters. The van der Waals surface area contributed by atoms with Crippen LogP contribution in [0.4, 0.5) is 23.2 Å². The van der Waals surface area contributed by atoms with E-state index in [1.807, 2.05) is 6.92 Å². The van der Waals surface area contributed by atoms with Crippen LogP contribution in [-0.2, 0) is 6.42 Å². The average molecular weight is 453 g/mol. The van der Waals surface area contributed by atoms with Gasteiger partial charge in [-0.2, -0.15) is 24.9 Å². The number of pyridine rings is 1.